The largest absolute Gasteiger partial charge is 0.455 e. The van der Waals surface area contributed by atoms with Gasteiger partial charge in [0.25, 0.3) is 0 Å². The first-order valence-electron chi connectivity index (χ1n) is 15.6. The number of fused-ring (bicyclic) bond motifs is 10. The summed E-state index contributed by atoms with van der Waals surface area (Å²) in [5, 5.41) is 24.0. The van der Waals surface area contributed by atoms with Crippen molar-refractivity contribution in [2.75, 3.05) is 0 Å². The molecule has 8 rings (SSSR count). The first-order valence-corrected chi connectivity index (χ1v) is 16.4. The van der Waals surface area contributed by atoms with Crippen LogP contribution < -0.4 is 4.74 Å². The maximum Gasteiger partial charge on any atom is 0.152 e. The number of benzene rings is 3. The van der Waals surface area contributed by atoms with Gasteiger partial charge in [0.15, 0.2) is 5.75 Å². The molecule has 5 heteroatoms. The standard InChI is InChI=1S/C39H35N3OS/c1-37(2,3)23-13-14-29-26(17-23)27-18-24(38(4,5)6)19-28-33(27)42(29)36-32(39(28)15-9-10-16-39)34-35(44-36)31(22(20-40)21-41)25-11-7-8-12-30(25)43-34/h7-8,11-14,17-19H,9-10,15-16H2,1-6H3. The third-order valence-corrected chi connectivity index (χ3v) is 11.3. The zero-order chi connectivity index (χ0) is 30.8. The lowest BCUT2D eigenvalue weighted by atomic mass is 9.69. The molecule has 0 unspecified atom stereocenters. The second-order valence-corrected chi connectivity index (χ2v) is 15.8. The van der Waals surface area contributed by atoms with E-state index >= 15 is 0 Å². The van der Waals surface area contributed by atoms with Gasteiger partial charge in [0.05, 0.1) is 15.9 Å². The van der Waals surface area contributed by atoms with Crippen LogP contribution in [-0.2, 0) is 16.2 Å². The number of hydrogen-bond acceptors (Lipinski definition) is 4. The van der Waals surface area contributed by atoms with Gasteiger partial charge < -0.3 is 4.74 Å². The monoisotopic (exact) mass is 593 g/mol. The van der Waals surface area contributed by atoms with E-state index in [4.69, 9.17) is 4.74 Å². The molecule has 4 heterocycles. The molecule has 0 atom stereocenters. The summed E-state index contributed by atoms with van der Waals surface area (Å²) in [6.45, 7) is 13.8. The zero-order valence-electron chi connectivity index (χ0n) is 26.2. The summed E-state index contributed by atoms with van der Waals surface area (Å²) in [6, 6.07) is 24.2. The van der Waals surface area contributed by atoms with E-state index in [9.17, 15) is 10.5 Å². The Kier molecular flexibility index (Phi) is 5.49. The van der Waals surface area contributed by atoms with Crippen LogP contribution in [0.15, 0.2) is 60.2 Å². The summed E-state index contributed by atoms with van der Waals surface area (Å²) in [5.74, 6) is 1.54. The third-order valence-electron chi connectivity index (χ3n) is 10.2. The summed E-state index contributed by atoms with van der Waals surface area (Å²) in [5.41, 5.74) is 9.23. The van der Waals surface area contributed by atoms with Crippen molar-refractivity contribution in [3.63, 3.8) is 0 Å². The predicted molar refractivity (Wildman–Crippen MR) is 179 cm³/mol. The summed E-state index contributed by atoms with van der Waals surface area (Å²) in [4.78, 5) is 0.892. The molecule has 1 aliphatic carbocycles. The molecule has 0 radical (unpaired) electrons. The number of ether oxygens (including phenoxy) is 1. The molecule has 44 heavy (non-hydrogen) atoms. The van der Waals surface area contributed by atoms with Crippen LogP contribution in [0.4, 0.5) is 0 Å². The number of aromatic nitrogens is 1. The molecule has 4 nitrogen and oxygen atoms in total. The van der Waals surface area contributed by atoms with Gasteiger partial charge in [0.1, 0.15) is 28.5 Å². The average Bonchev–Trinajstić information content (AvgIpc) is 3.70. The van der Waals surface area contributed by atoms with Gasteiger partial charge in [0, 0.05) is 32.9 Å². The number of nitriles is 2. The summed E-state index contributed by atoms with van der Waals surface area (Å²) in [7, 11) is 0. The molecular formula is C39H35N3OS. The van der Waals surface area contributed by atoms with Crippen molar-refractivity contribution in [3.8, 4) is 28.6 Å². The molecule has 0 saturated heterocycles. The maximum absolute atomic E-state index is 10.1. The average molecular weight is 594 g/mol. The molecule has 3 aliphatic rings. The lowest BCUT2D eigenvalue weighted by Gasteiger charge is -2.37. The molecule has 2 aromatic heterocycles. The van der Waals surface area contributed by atoms with Crippen LogP contribution in [-0.4, -0.2) is 4.57 Å². The van der Waals surface area contributed by atoms with Crippen LogP contribution in [0, 0.1) is 22.7 Å². The van der Waals surface area contributed by atoms with E-state index in [1.54, 1.807) is 11.3 Å². The van der Waals surface area contributed by atoms with Crippen molar-refractivity contribution >= 4 is 38.7 Å². The molecule has 3 aromatic carbocycles. The number of para-hydroxylation sites is 1. The molecule has 2 aliphatic heterocycles. The molecule has 0 N–H and O–H groups in total. The Morgan fingerprint density at radius 3 is 2.23 bits per heavy atom. The number of allylic oxidation sites excluding steroid dienone is 1. The van der Waals surface area contributed by atoms with Gasteiger partial charge in [-0.1, -0.05) is 84.7 Å². The van der Waals surface area contributed by atoms with E-state index in [1.165, 1.54) is 44.1 Å². The van der Waals surface area contributed by atoms with Gasteiger partial charge in [-0.25, -0.2) is 0 Å². The summed E-state index contributed by atoms with van der Waals surface area (Å²) < 4.78 is 9.35. The Morgan fingerprint density at radius 2 is 1.55 bits per heavy atom. The highest BCUT2D eigenvalue weighted by Gasteiger charge is 2.50. The molecule has 1 saturated carbocycles. The SMILES string of the molecule is CC(C)(C)c1ccc2c(c1)c1cc(C(C)(C)C)cc3c1n2-c1sc2c(c1C31CCCC1)Oc1ccccc1C2=C(C#N)C#N. The highest BCUT2D eigenvalue weighted by atomic mass is 32.1. The Hall–Kier alpha value is -4.32. The number of thiophene rings is 1. The fraction of sp³-hybridized carbons (Fsp3) is 0.333. The van der Waals surface area contributed by atoms with E-state index in [-0.39, 0.29) is 21.8 Å². The fourth-order valence-corrected chi connectivity index (χ4v) is 9.30. The minimum atomic E-state index is -0.201. The molecule has 218 valence electrons. The van der Waals surface area contributed by atoms with Crippen LogP contribution in [0.25, 0.3) is 32.4 Å². The summed E-state index contributed by atoms with van der Waals surface area (Å²) in [6.07, 6.45) is 4.41. The molecule has 0 amide bonds. The Balaban J connectivity index is 1.57. The van der Waals surface area contributed by atoms with Crippen molar-refractivity contribution in [2.45, 2.75) is 83.5 Å². The van der Waals surface area contributed by atoms with Crippen LogP contribution in [0.1, 0.15) is 99.9 Å². The predicted octanol–water partition coefficient (Wildman–Crippen LogP) is 10.6. The number of hydrogen-bond donors (Lipinski definition) is 0. The third kappa shape index (κ3) is 3.48. The van der Waals surface area contributed by atoms with E-state index in [2.05, 4.69) is 88.6 Å². The minimum Gasteiger partial charge on any atom is -0.455 e. The Morgan fingerprint density at radius 1 is 0.864 bits per heavy atom. The van der Waals surface area contributed by atoms with Crippen molar-refractivity contribution in [2.24, 2.45) is 0 Å². The number of rotatable bonds is 0. The van der Waals surface area contributed by atoms with Gasteiger partial charge in [-0.15, -0.1) is 11.3 Å². The molecule has 0 bridgehead atoms. The molecular weight excluding hydrogens is 559 g/mol. The summed E-state index contributed by atoms with van der Waals surface area (Å²) >= 11 is 1.68. The first-order chi connectivity index (χ1) is 21.0. The van der Waals surface area contributed by atoms with Gasteiger partial charge in [-0.2, -0.15) is 10.5 Å². The number of nitrogens with zero attached hydrogens (tertiary/aromatic N) is 3. The van der Waals surface area contributed by atoms with Crippen LogP contribution in [0.2, 0.25) is 0 Å². The molecule has 1 spiro atoms. The van der Waals surface area contributed by atoms with E-state index in [0.29, 0.717) is 11.3 Å². The van der Waals surface area contributed by atoms with Crippen molar-refractivity contribution in [1.29, 1.82) is 10.5 Å². The van der Waals surface area contributed by atoms with Crippen LogP contribution >= 0.6 is 11.3 Å². The Labute approximate surface area is 262 Å². The van der Waals surface area contributed by atoms with E-state index in [0.717, 1.165) is 46.9 Å². The zero-order valence-corrected chi connectivity index (χ0v) is 27.0. The van der Waals surface area contributed by atoms with Crippen molar-refractivity contribution in [3.05, 3.63) is 92.9 Å². The molecule has 1 fully saturated rings. The smallest absolute Gasteiger partial charge is 0.152 e. The topological polar surface area (TPSA) is 61.7 Å². The van der Waals surface area contributed by atoms with E-state index in [1.807, 2.05) is 24.3 Å². The van der Waals surface area contributed by atoms with Crippen molar-refractivity contribution < 1.29 is 4.74 Å². The van der Waals surface area contributed by atoms with E-state index < -0.39 is 0 Å². The lowest BCUT2D eigenvalue weighted by molar-refractivity contribution is 0.441. The first kappa shape index (κ1) is 27.2. The molecule has 5 aromatic rings. The maximum atomic E-state index is 10.1. The minimum absolute atomic E-state index is 0.0191. The normalized spacial score (nSPS) is 16.3. The second kappa shape index (κ2) is 8.87. The quantitative estimate of drug-likeness (QED) is 0.165. The van der Waals surface area contributed by atoms with Gasteiger partial charge in [-0.3, -0.25) is 4.57 Å². The lowest BCUT2D eigenvalue weighted by Crippen LogP contribution is -2.30. The van der Waals surface area contributed by atoms with Gasteiger partial charge in [0.2, 0.25) is 0 Å². The Bertz CT molecular complexity index is 2170. The van der Waals surface area contributed by atoms with Gasteiger partial charge >= 0.3 is 0 Å². The highest BCUT2D eigenvalue weighted by Crippen LogP contribution is 2.64. The van der Waals surface area contributed by atoms with Crippen LogP contribution in [0.5, 0.6) is 11.5 Å². The van der Waals surface area contributed by atoms with Crippen LogP contribution in [0.3, 0.4) is 0 Å². The fourth-order valence-electron chi connectivity index (χ4n) is 7.88. The second-order valence-electron chi connectivity index (χ2n) is 14.8. The highest BCUT2D eigenvalue weighted by molar-refractivity contribution is 7.16. The van der Waals surface area contributed by atoms with Gasteiger partial charge in [-0.05, 0) is 64.6 Å². The van der Waals surface area contributed by atoms with Crippen molar-refractivity contribution in [1.82, 2.24) is 4.57 Å².